The largest absolute Gasteiger partial charge is 0.360 e. The van der Waals surface area contributed by atoms with Crippen LogP contribution in [0, 0.1) is 5.82 Å². The van der Waals surface area contributed by atoms with Gasteiger partial charge in [-0.1, -0.05) is 6.92 Å². The van der Waals surface area contributed by atoms with Gasteiger partial charge in [0.1, 0.15) is 5.82 Å². The molecule has 2 aromatic rings. The van der Waals surface area contributed by atoms with Crippen molar-refractivity contribution in [1.29, 1.82) is 0 Å². The maximum Gasteiger partial charge on any atom is 0.253 e. The van der Waals surface area contributed by atoms with Gasteiger partial charge in [0.2, 0.25) is 10.0 Å². The number of hydrogen-bond acceptors (Lipinski definition) is 3. The number of carbonyl (C=O) groups is 1. The van der Waals surface area contributed by atoms with Gasteiger partial charge < -0.3 is 10.3 Å². The smallest absolute Gasteiger partial charge is 0.253 e. The minimum atomic E-state index is -3.21. The van der Waals surface area contributed by atoms with Gasteiger partial charge in [0.25, 0.3) is 5.91 Å². The highest BCUT2D eigenvalue weighted by Gasteiger charge is 2.15. The lowest BCUT2D eigenvalue weighted by Crippen LogP contribution is -2.33. The van der Waals surface area contributed by atoms with Crippen molar-refractivity contribution in [3.63, 3.8) is 0 Å². The zero-order chi connectivity index (χ0) is 17.0. The molecule has 0 spiro atoms. The van der Waals surface area contributed by atoms with E-state index >= 15 is 0 Å². The molecule has 8 heteroatoms. The van der Waals surface area contributed by atoms with E-state index in [9.17, 15) is 17.6 Å². The van der Waals surface area contributed by atoms with Crippen LogP contribution in [-0.4, -0.2) is 49.5 Å². The Hall–Kier alpha value is -1.93. The van der Waals surface area contributed by atoms with Crippen molar-refractivity contribution in [1.82, 2.24) is 14.6 Å². The highest BCUT2D eigenvalue weighted by Crippen LogP contribution is 2.19. The number of nitrogens with one attached hydrogen (secondary N) is 2. The minimum absolute atomic E-state index is 0.273. The molecule has 2 N–H and O–H groups in total. The average molecular weight is 341 g/mol. The summed E-state index contributed by atoms with van der Waals surface area (Å²) >= 11 is 0. The molecule has 6 nitrogen and oxygen atoms in total. The van der Waals surface area contributed by atoms with Gasteiger partial charge in [-0.25, -0.2) is 17.1 Å². The molecular formula is C15H20FN3O3S. The first-order valence-electron chi connectivity index (χ1n) is 7.33. The van der Waals surface area contributed by atoms with Gasteiger partial charge in [-0.3, -0.25) is 4.79 Å². The molecule has 1 heterocycles. The van der Waals surface area contributed by atoms with E-state index in [4.69, 9.17) is 0 Å². The number of aromatic nitrogens is 1. The SMILES string of the molecule is CCN(CCCNC(=O)c1c[nH]c2cc(F)ccc12)S(C)(=O)=O. The van der Waals surface area contributed by atoms with Crippen molar-refractivity contribution in [2.45, 2.75) is 13.3 Å². The number of carbonyl (C=O) groups excluding carboxylic acids is 1. The molecule has 0 radical (unpaired) electrons. The first-order chi connectivity index (χ1) is 10.8. The van der Waals surface area contributed by atoms with Gasteiger partial charge >= 0.3 is 0 Å². The first-order valence-corrected chi connectivity index (χ1v) is 9.17. The summed E-state index contributed by atoms with van der Waals surface area (Å²) in [6.45, 7) is 2.89. The molecule has 1 amide bonds. The van der Waals surface area contributed by atoms with Crippen LogP contribution in [0.4, 0.5) is 4.39 Å². The Kier molecular flexibility index (Phi) is 5.38. The van der Waals surface area contributed by atoms with Crippen LogP contribution < -0.4 is 5.32 Å². The van der Waals surface area contributed by atoms with Crippen molar-refractivity contribution in [3.05, 3.63) is 35.8 Å². The topological polar surface area (TPSA) is 82.3 Å². The Labute approximate surface area is 134 Å². The Morgan fingerprint density at radius 2 is 2.13 bits per heavy atom. The van der Waals surface area contributed by atoms with E-state index in [1.807, 2.05) is 0 Å². The number of nitrogens with zero attached hydrogens (tertiary/aromatic N) is 1. The van der Waals surface area contributed by atoms with Gasteiger partial charge in [-0.05, 0) is 24.6 Å². The molecule has 0 fully saturated rings. The molecular weight excluding hydrogens is 321 g/mol. The molecule has 0 aliphatic heterocycles. The molecule has 2 rings (SSSR count). The standard InChI is InChI=1S/C15H20FN3O3S/c1-3-19(23(2,21)22)8-4-7-17-15(20)13-10-18-14-9-11(16)5-6-12(13)14/h5-6,9-10,18H,3-4,7-8H2,1-2H3,(H,17,20). The van der Waals surface area contributed by atoms with E-state index in [-0.39, 0.29) is 11.7 Å². The molecule has 0 atom stereocenters. The zero-order valence-electron chi connectivity index (χ0n) is 13.1. The van der Waals surface area contributed by atoms with Crippen molar-refractivity contribution in [2.24, 2.45) is 0 Å². The number of H-pyrrole nitrogens is 1. The van der Waals surface area contributed by atoms with Crippen LogP contribution in [0.3, 0.4) is 0 Å². The maximum absolute atomic E-state index is 13.1. The zero-order valence-corrected chi connectivity index (χ0v) is 13.9. The highest BCUT2D eigenvalue weighted by molar-refractivity contribution is 7.88. The highest BCUT2D eigenvalue weighted by atomic mass is 32.2. The van der Waals surface area contributed by atoms with Crippen LogP contribution in [-0.2, 0) is 10.0 Å². The molecule has 126 valence electrons. The van der Waals surface area contributed by atoms with Crippen LogP contribution in [0.25, 0.3) is 10.9 Å². The van der Waals surface area contributed by atoms with Gasteiger partial charge in [0.15, 0.2) is 0 Å². The molecule has 0 bridgehead atoms. The third-order valence-electron chi connectivity index (χ3n) is 3.58. The fourth-order valence-corrected chi connectivity index (χ4v) is 3.33. The van der Waals surface area contributed by atoms with Crippen molar-refractivity contribution in [3.8, 4) is 0 Å². The number of benzene rings is 1. The van der Waals surface area contributed by atoms with Crippen molar-refractivity contribution < 1.29 is 17.6 Å². The van der Waals surface area contributed by atoms with Crippen molar-refractivity contribution >= 4 is 26.8 Å². The van der Waals surface area contributed by atoms with E-state index < -0.39 is 10.0 Å². The lowest BCUT2D eigenvalue weighted by molar-refractivity contribution is 0.0954. The normalized spacial score (nSPS) is 12.0. The number of rotatable bonds is 7. The number of halogens is 1. The molecule has 0 aliphatic carbocycles. The second-order valence-corrected chi connectivity index (χ2v) is 7.24. The summed E-state index contributed by atoms with van der Waals surface area (Å²) < 4.78 is 37.4. The molecule has 0 unspecified atom stereocenters. The van der Waals surface area contributed by atoms with Crippen LogP contribution in [0.15, 0.2) is 24.4 Å². The monoisotopic (exact) mass is 341 g/mol. The summed E-state index contributed by atoms with van der Waals surface area (Å²) in [7, 11) is -3.21. The quantitative estimate of drug-likeness (QED) is 0.752. The lowest BCUT2D eigenvalue weighted by atomic mass is 10.1. The minimum Gasteiger partial charge on any atom is -0.360 e. The van der Waals surface area contributed by atoms with Gasteiger partial charge in [-0.15, -0.1) is 0 Å². The first kappa shape index (κ1) is 17.4. The van der Waals surface area contributed by atoms with E-state index in [1.165, 1.54) is 28.9 Å². The Morgan fingerprint density at radius 1 is 1.39 bits per heavy atom. The number of hydrogen-bond donors (Lipinski definition) is 2. The predicted octanol–water partition coefficient (Wildman–Crippen LogP) is 1.71. The molecule has 0 saturated heterocycles. The molecule has 23 heavy (non-hydrogen) atoms. The maximum atomic E-state index is 13.1. The lowest BCUT2D eigenvalue weighted by Gasteiger charge is -2.17. The Morgan fingerprint density at radius 3 is 2.78 bits per heavy atom. The van der Waals surface area contributed by atoms with E-state index in [0.717, 1.165) is 0 Å². The molecule has 0 saturated carbocycles. The van der Waals surface area contributed by atoms with Gasteiger partial charge in [-0.2, -0.15) is 0 Å². The molecule has 0 aliphatic rings. The van der Waals surface area contributed by atoms with Crippen LogP contribution in [0.5, 0.6) is 0 Å². The summed E-state index contributed by atoms with van der Waals surface area (Å²) in [5.41, 5.74) is 1.000. The Balaban J connectivity index is 1.92. The second-order valence-electron chi connectivity index (χ2n) is 5.26. The van der Waals surface area contributed by atoms with Crippen LogP contribution in [0.2, 0.25) is 0 Å². The summed E-state index contributed by atoms with van der Waals surface area (Å²) in [6.07, 6.45) is 3.22. The second kappa shape index (κ2) is 7.10. The third kappa shape index (κ3) is 4.29. The van der Waals surface area contributed by atoms with E-state index in [1.54, 1.807) is 13.0 Å². The Bertz CT molecular complexity index is 801. The number of fused-ring (bicyclic) bond motifs is 1. The number of aromatic amines is 1. The number of amides is 1. The third-order valence-corrected chi connectivity index (χ3v) is 4.96. The predicted molar refractivity (Wildman–Crippen MR) is 87.3 cm³/mol. The molecule has 1 aromatic heterocycles. The van der Waals surface area contributed by atoms with Gasteiger partial charge in [0, 0.05) is 36.7 Å². The van der Waals surface area contributed by atoms with E-state index in [0.29, 0.717) is 42.5 Å². The van der Waals surface area contributed by atoms with Crippen LogP contribution in [0.1, 0.15) is 23.7 Å². The summed E-state index contributed by atoms with van der Waals surface area (Å²) in [4.78, 5) is 15.0. The van der Waals surface area contributed by atoms with Gasteiger partial charge in [0.05, 0.1) is 11.8 Å². The fraction of sp³-hybridized carbons (Fsp3) is 0.400. The van der Waals surface area contributed by atoms with Crippen molar-refractivity contribution in [2.75, 3.05) is 25.9 Å². The summed E-state index contributed by atoms with van der Waals surface area (Å²) in [5, 5.41) is 3.40. The average Bonchev–Trinajstić information content (AvgIpc) is 2.88. The number of sulfonamides is 1. The summed E-state index contributed by atoms with van der Waals surface area (Å²) in [5.74, 6) is -0.642. The van der Waals surface area contributed by atoms with E-state index in [2.05, 4.69) is 10.3 Å². The van der Waals surface area contributed by atoms with Crippen LogP contribution >= 0.6 is 0 Å². The molecule has 1 aromatic carbocycles. The fourth-order valence-electron chi connectivity index (χ4n) is 2.40. The summed E-state index contributed by atoms with van der Waals surface area (Å²) in [6, 6.07) is 4.19.